The Morgan fingerprint density at radius 3 is 2.65 bits per heavy atom. The fourth-order valence-corrected chi connectivity index (χ4v) is 1.93. The van der Waals surface area contributed by atoms with Gasteiger partial charge in [0.25, 0.3) is 5.91 Å². The fraction of sp³-hybridized carbons (Fsp3) is 0.200. The molecular formula is C15H15NO4. The number of methoxy groups -OCH3 is 1. The first kappa shape index (κ1) is 14.0. The Morgan fingerprint density at radius 2 is 1.90 bits per heavy atom. The van der Waals surface area contributed by atoms with Crippen molar-refractivity contribution in [3.05, 3.63) is 48.0 Å². The molecule has 2 N–H and O–H groups in total. The van der Waals surface area contributed by atoms with Crippen LogP contribution in [0.1, 0.15) is 10.4 Å². The summed E-state index contributed by atoms with van der Waals surface area (Å²) in [7, 11) is 1.18. The van der Waals surface area contributed by atoms with Crippen molar-refractivity contribution < 1.29 is 19.4 Å². The number of carbonyl (C=O) groups excluding carboxylic acids is 2. The maximum atomic E-state index is 12.1. The molecule has 0 saturated carbocycles. The third-order valence-electron chi connectivity index (χ3n) is 2.96. The van der Waals surface area contributed by atoms with E-state index in [1.165, 1.54) is 7.11 Å². The average molecular weight is 273 g/mol. The van der Waals surface area contributed by atoms with Gasteiger partial charge in [-0.3, -0.25) is 4.79 Å². The molecule has 1 unspecified atom stereocenters. The molecule has 2 rings (SSSR count). The molecule has 1 amide bonds. The van der Waals surface area contributed by atoms with Gasteiger partial charge >= 0.3 is 5.97 Å². The Labute approximate surface area is 116 Å². The highest BCUT2D eigenvalue weighted by atomic mass is 16.5. The third kappa shape index (κ3) is 2.95. The van der Waals surface area contributed by atoms with Gasteiger partial charge in [0.05, 0.1) is 13.7 Å². The van der Waals surface area contributed by atoms with Gasteiger partial charge < -0.3 is 15.2 Å². The zero-order valence-corrected chi connectivity index (χ0v) is 11.0. The second kappa shape index (κ2) is 6.16. The lowest BCUT2D eigenvalue weighted by Gasteiger charge is -2.11. The number of aliphatic hydroxyl groups is 1. The number of fused-ring (bicyclic) bond motifs is 1. The summed E-state index contributed by atoms with van der Waals surface area (Å²) in [6.45, 7) is -0.186. The number of hydrogen-bond acceptors (Lipinski definition) is 4. The predicted molar refractivity (Wildman–Crippen MR) is 74.3 cm³/mol. The van der Waals surface area contributed by atoms with Gasteiger partial charge in [0.2, 0.25) is 0 Å². The molecule has 0 aliphatic rings. The van der Waals surface area contributed by atoms with Crippen LogP contribution >= 0.6 is 0 Å². The molecule has 0 bridgehead atoms. The first-order valence-corrected chi connectivity index (χ1v) is 6.15. The maximum Gasteiger partial charge on any atom is 0.336 e. The van der Waals surface area contributed by atoms with Crippen molar-refractivity contribution in [2.24, 2.45) is 0 Å². The molecule has 1 atom stereocenters. The second-order valence-electron chi connectivity index (χ2n) is 4.28. The zero-order valence-electron chi connectivity index (χ0n) is 11.0. The summed E-state index contributed by atoms with van der Waals surface area (Å²) < 4.78 is 4.38. The van der Waals surface area contributed by atoms with Crippen molar-refractivity contribution in [3.8, 4) is 0 Å². The molecule has 2 aromatic carbocycles. The van der Waals surface area contributed by atoms with Crippen molar-refractivity contribution in [2.75, 3.05) is 13.7 Å². The molecule has 0 saturated heterocycles. The minimum atomic E-state index is -1.36. The number of esters is 1. The van der Waals surface area contributed by atoms with E-state index in [4.69, 9.17) is 0 Å². The summed E-state index contributed by atoms with van der Waals surface area (Å²) in [6.07, 6.45) is -1.36. The van der Waals surface area contributed by atoms with E-state index < -0.39 is 12.1 Å². The molecule has 0 aliphatic carbocycles. The van der Waals surface area contributed by atoms with Crippen molar-refractivity contribution in [1.29, 1.82) is 0 Å². The average Bonchev–Trinajstić information content (AvgIpc) is 2.50. The van der Waals surface area contributed by atoms with Crippen LogP contribution in [0, 0.1) is 0 Å². The number of rotatable bonds is 4. The van der Waals surface area contributed by atoms with E-state index in [0.717, 1.165) is 10.8 Å². The fourth-order valence-electron chi connectivity index (χ4n) is 1.93. The molecule has 0 spiro atoms. The second-order valence-corrected chi connectivity index (χ2v) is 4.28. The van der Waals surface area contributed by atoms with Crippen molar-refractivity contribution in [2.45, 2.75) is 6.10 Å². The Kier molecular flexibility index (Phi) is 4.32. The van der Waals surface area contributed by atoms with Crippen LogP contribution in [0.2, 0.25) is 0 Å². The topological polar surface area (TPSA) is 75.6 Å². The van der Waals surface area contributed by atoms with Crippen LogP contribution in [0.25, 0.3) is 10.8 Å². The van der Waals surface area contributed by atoms with E-state index in [1.807, 2.05) is 30.3 Å². The van der Waals surface area contributed by atoms with Gasteiger partial charge in [-0.2, -0.15) is 0 Å². The number of nitrogens with one attached hydrogen (secondary N) is 1. The molecule has 20 heavy (non-hydrogen) atoms. The highest BCUT2D eigenvalue weighted by Gasteiger charge is 2.17. The largest absolute Gasteiger partial charge is 0.467 e. The molecule has 5 nitrogen and oxygen atoms in total. The van der Waals surface area contributed by atoms with E-state index in [2.05, 4.69) is 10.1 Å². The van der Waals surface area contributed by atoms with Gasteiger partial charge in [-0.15, -0.1) is 0 Å². The van der Waals surface area contributed by atoms with Crippen LogP contribution in [-0.4, -0.2) is 36.7 Å². The molecular weight excluding hydrogens is 258 g/mol. The minimum Gasteiger partial charge on any atom is -0.467 e. The Hall–Kier alpha value is -2.40. The van der Waals surface area contributed by atoms with Gasteiger partial charge in [-0.1, -0.05) is 36.4 Å². The first-order valence-electron chi connectivity index (χ1n) is 6.15. The lowest BCUT2D eigenvalue weighted by molar-refractivity contribution is -0.149. The number of carbonyl (C=O) groups is 2. The van der Waals surface area contributed by atoms with E-state index in [0.29, 0.717) is 5.56 Å². The Morgan fingerprint density at radius 1 is 1.20 bits per heavy atom. The monoisotopic (exact) mass is 273 g/mol. The summed E-state index contributed by atoms with van der Waals surface area (Å²) in [5, 5.41) is 13.7. The van der Waals surface area contributed by atoms with E-state index >= 15 is 0 Å². The van der Waals surface area contributed by atoms with Gasteiger partial charge in [0.15, 0.2) is 6.10 Å². The molecule has 0 aromatic heterocycles. The number of aliphatic hydroxyl groups excluding tert-OH is 1. The number of ether oxygens (including phenoxy) is 1. The van der Waals surface area contributed by atoms with Gasteiger partial charge in [0, 0.05) is 5.56 Å². The summed E-state index contributed by atoms with van der Waals surface area (Å²) in [6, 6.07) is 12.9. The van der Waals surface area contributed by atoms with Crippen molar-refractivity contribution in [1.82, 2.24) is 5.32 Å². The highest BCUT2D eigenvalue weighted by molar-refractivity contribution is 6.07. The summed E-state index contributed by atoms with van der Waals surface area (Å²) in [5.74, 6) is -1.12. The van der Waals surface area contributed by atoms with Crippen LogP contribution in [0.5, 0.6) is 0 Å². The van der Waals surface area contributed by atoms with Gasteiger partial charge in [-0.05, 0) is 16.8 Å². The summed E-state index contributed by atoms with van der Waals surface area (Å²) in [4.78, 5) is 23.1. The molecule has 0 radical (unpaired) electrons. The number of amides is 1. The van der Waals surface area contributed by atoms with Crippen LogP contribution < -0.4 is 5.32 Å². The zero-order chi connectivity index (χ0) is 14.5. The normalized spacial score (nSPS) is 11.9. The molecule has 0 heterocycles. The van der Waals surface area contributed by atoms with Gasteiger partial charge in [0.1, 0.15) is 0 Å². The SMILES string of the molecule is COC(=O)C(O)CNC(=O)c1cccc2ccccc12. The van der Waals surface area contributed by atoms with Crippen molar-refractivity contribution in [3.63, 3.8) is 0 Å². The molecule has 0 fully saturated rings. The molecule has 104 valence electrons. The third-order valence-corrected chi connectivity index (χ3v) is 2.96. The van der Waals surface area contributed by atoms with Crippen LogP contribution in [-0.2, 0) is 9.53 Å². The smallest absolute Gasteiger partial charge is 0.336 e. The molecule has 2 aromatic rings. The lowest BCUT2D eigenvalue weighted by atomic mass is 10.0. The van der Waals surface area contributed by atoms with Crippen LogP contribution in [0.3, 0.4) is 0 Å². The molecule has 0 aliphatic heterocycles. The van der Waals surface area contributed by atoms with Crippen LogP contribution in [0.4, 0.5) is 0 Å². The predicted octanol–water partition coefficient (Wildman–Crippen LogP) is 1.10. The maximum absolute atomic E-state index is 12.1. The number of benzene rings is 2. The minimum absolute atomic E-state index is 0.186. The molecule has 5 heteroatoms. The van der Waals surface area contributed by atoms with E-state index in [-0.39, 0.29) is 12.5 Å². The van der Waals surface area contributed by atoms with Gasteiger partial charge in [-0.25, -0.2) is 4.79 Å². The summed E-state index contributed by atoms with van der Waals surface area (Å²) in [5.41, 5.74) is 0.500. The number of hydrogen-bond donors (Lipinski definition) is 2. The Balaban J connectivity index is 2.14. The quantitative estimate of drug-likeness (QED) is 0.818. The lowest BCUT2D eigenvalue weighted by Crippen LogP contribution is -2.37. The van der Waals surface area contributed by atoms with Crippen molar-refractivity contribution >= 4 is 22.6 Å². The standard InChI is InChI=1S/C15H15NO4/c1-20-15(19)13(17)9-16-14(18)12-8-4-6-10-5-2-3-7-11(10)12/h2-8,13,17H,9H2,1H3,(H,16,18). The highest BCUT2D eigenvalue weighted by Crippen LogP contribution is 2.18. The van der Waals surface area contributed by atoms with Crippen LogP contribution in [0.15, 0.2) is 42.5 Å². The first-order chi connectivity index (χ1) is 9.63. The summed E-state index contributed by atoms with van der Waals surface area (Å²) >= 11 is 0. The van der Waals surface area contributed by atoms with E-state index in [9.17, 15) is 14.7 Å². The Bertz CT molecular complexity index is 633. The van der Waals surface area contributed by atoms with E-state index in [1.54, 1.807) is 12.1 Å².